The minimum Gasteiger partial charge on any atom is -0.462 e. The minimum atomic E-state index is -4.76. The number of esters is 3. The average Bonchev–Trinajstić information content (AvgIpc) is 3.37. The fraction of sp³-hybridized carbons (Fsp3) is 0.750. The standard InChI is InChI=1S/C60H105O11P/c1-4-7-10-13-16-19-21-23-25-27-28-30-31-33-35-38-40-43-46-49-58(62)67-53-57(71-60(64)51-48-45-42-39-36-34-32-29-26-24-22-20-17-14-11-8-5-2)55-69-72(65,66)68-54-56(52-61)70-59(63)50-47-44-41-37-18-15-12-9-6-3/h7,10,16,19,23,25,28,30,33,35,40,43,56-57,61H,4-6,8-9,11-15,17-18,20-22,24,26-27,29,31-32,34,36-39,41-42,44-55H2,1-3H3,(H,65,66)/b10-7-,19-16-,25-23-,30-28-,35-33-,43-40-. The molecule has 0 radical (unpaired) electrons. The SMILES string of the molecule is CC/C=C\C/C=C\C/C=C\C/C=C\C/C=C\C/C=C\CCC(=O)OCC(COP(=O)(O)OCC(CO)OC(=O)CCCCCCCCCCC)OC(=O)CCCCCCCCCCCCCCCCCCC. The number of hydrogen-bond acceptors (Lipinski definition) is 10. The van der Waals surface area contributed by atoms with E-state index in [1.807, 2.05) is 12.2 Å². The lowest BCUT2D eigenvalue weighted by atomic mass is 10.0. The van der Waals surface area contributed by atoms with Crippen molar-refractivity contribution in [3.05, 3.63) is 72.9 Å². The number of phosphoric ester groups is 1. The van der Waals surface area contributed by atoms with Gasteiger partial charge in [0.1, 0.15) is 12.7 Å². The van der Waals surface area contributed by atoms with Crippen LogP contribution in [0.3, 0.4) is 0 Å². The zero-order valence-corrected chi connectivity index (χ0v) is 46.8. The number of allylic oxidation sites excluding steroid dienone is 12. The molecule has 72 heavy (non-hydrogen) atoms. The third-order valence-corrected chi connectivity index (χ3v) is 13.1. The Morgan fingerprint density at radius 2 is 0.722 bits per heavy atom. The predicted molar refractivity (Wildman–Crippen MR) is 298 cm³/mol. The molecule has 0 aliphatic heterocycles. The fourth-order valence-corrected chi connectivity index (χ4v) is 8.58. The summed E-state index contributed by atoms with van der Waals surface area (Å²) in [4.78, 5) is 48.4. The van der Waals surface area contributed by atoms with Crippen LogP contribution in [0.15, 0.2) is 72.9 Å². The summed E-state index contributed by atoms with van der Waals surface area (Å²) >= 11 is 0. The Morgan fingerprint density at radius 3 is 1.08 bits per heavy atom. The van der Waals surface area contributed by atoms with Crippen LogP contribution < -0.4 is 0 Å². The van der Waals surface area contributed by atoms with Crippen LogP contribution in [0.5, 0.6) is 0 Å². The van der Waals surface area contributed by atoms with Crippen LogP contribution in [0.1, 0.15) is 252 Å². The molecular formula is C60H105O11P. The first-order valence-electron chi connectivity index (χ1n) is 28.8. The maximum atomic E-state index is 12.9. The van der Waals surface area contributed by atoms with Gasteiger partial charge in [0.05, 0.1) is 19.8 Å². The van der Waals surface area contributed by atoms with E-state index in [1.54, 1.807) is 0 Å². The van der Waals surface area contributed by atoms with Crippen molar-refractivity contribution in [1.82, 2.24) is 0 Å². The largest absolute Gasteiger partial charge is 0.472 e. The third-order valence-electron chi connectivity index (χ3n) is 12.2. The molecule has 416 valence electrons. The van der Waals surface area contributed by atoms with Crippen LogP contribution in [0.2, 0.25) is 0 Å². The Balaban J connectivity index is 4.80. The van der Waals surface area contributed by atoms with Gasteiger partial charge in [-0.3, -0.25) is 23.4 Å². The highest BCUT2D eigenvalue weighted by molar-refractivity contribution is 7.47. The molecule has 0 aliphatic carbocycles. The molecule has 0 amide bonds. The van der Waals surface area contributed by atoms with Gasteiger partial charge < -0.3 is 24.2 Å². The lowest BCUT2D eigenvalue weighted by Crippen LogP contribution is -2.30. The van der Waals surface area contributed by atoms with Crippen molar-refractivity contribution in [1.29, 1.82) is 0 Å². The van der Waals surface area contributed by atoms with E-state index < -0.39 is 57.8 Å². The highest BCUT2D eigenvalue weighted by Gasteiger charge is 2.28. The lowest BCUT2D eigenvalue weighted by Gasteiger charge is -2.21. The second-order valence-corrected chi connectivity index (χ2v) is 20.5. The predicted octanol–water partition coefficient (Wildman–Crippen LogP) is 16.9. The molecule has 0 spiro atoms. The number of carbonyl (C=O) groups is 3. The number of rotatable bonds is 53. The number of hydrogen-bond donors (Lipinski definition) is 2. The number of phosphoric acid groups is 1. The second-order valence-electron chi connectivity index (χ2n) is 19.1. The van der Waals surface area contributed by atoms with Crippen molar-refractivity contribution in [2.45, 2.75) is 264 Å². The molecule has 0 aliphatic rings. The van der Waals surface area contributed by atoms with Gasteiger partial charge in [-0.15, -0.1) is 0 Å². The number of ether oxygens (including phenoxy) is 3. The molecule has 0 rings (SSSR count). The summed E-state index contributed by atoms with van der Waals surface area (Å²) in [5.74, 6) is -1.56. The van der Waals surface area contributed by atoms with E-state index in [0.29, 0.717) is 19.3 Å². The van der Waals surface area contributed by atoms with E-state index in [0.717, 1.165) is 77.0 Å². The van der Waals surface area contributed by atoms with Crippen LogP contribution in [0.25, 0.3) is 0 Å². The van der Waals surface area contributed by atoms with Gasteiger partial charge in [0.25, 0.3) is 0 Å². The van der Waals surface area contributed by atoms with Crippen LogP contribution in [0, 0.1) is 0 Å². The van der Waals surface area contributed by atoms with Gasteiger partial charge in [-0.25, -0.2) is 4.57 Å². The first-order valence-corrected chi connectivity index (χ1v) is 30.3. The van der Waals surface area contributed by atoms with Gasteiger partial charge in [-0.1, -0.05) is 248 Å². The van der Waals surface area contributed by atoms with Gasteiger partial charge in [-0.2, -0.15) is 0 Å². The van der Waals surface area contributed by atoms with Gasteiger partial charge in [-0.05, 0) is 57.8 Å². The molecule has 0 fully saturated rings. The molecule has 11 nitrogen and oxygen atoms in total. The normalized spacial score (nSPS) is 13.9. The number of carbonyl (C=O) groups excluding carboxylic acids is 3. The molecule has 0 bridgehead atoms. The quantitative estimate of drug-likeness (QED) is 0.0197. The van der Waals surface area contributed by atoms with Crippen LogP contribution >= 0.6 is 7.82 Å². The zero-order valence-electron chi connectivity index (χ0n) is 45.9. The molecule has 3 unspecified atom stereocenters. The molecule has 3 atom stereocenters. The average molecular weight is 1030 g/mol. The summed E-state index contributed by atoms with van der Waals surface area (Å²) in [5.41, 5.74) is 0. The topological polar surface area (TPSA) is 155 Å². The second kappa shape index (κ2) is 54.2. The number of aliphatic hydroxyl groups excluding tert-OH is 1. The maximum absolute atomic E-state index is 12.9. The lowest BCUT2D eigenvalue weighted by molar-refractivity contribution is -0.161. The van der Waals surface area contributed by atoms with Crippen LogP contribution in [0.4, 0.5) is 0 Å². The first kappa shape index (κ1) is 68.9. The van der Waals surface area contributed by atoms with E-state index in [4.69, 9.17) is 23.3 Å². The van der Waals surface area contributed by atoms with Crippen molar-refractivity contribution in [2.24, 2.45) is 0 Å². The number of aliphatic hydroxyl groups is 1. The Kier molecular flexibility index (Phi) is 51.9. The summed E-state index contributed by atoms with van der Waals surface area (Å²) < 4.78 is 39.4. The fourth-order valence-electron chi connectivity index (χ4n) is 7.79. The highest BCUT2D eigenvalue weighted by Crippen LogP contribution is 2.43. The summed E-state index contributed by atoms with van der Waals surface area (Å²) in [5, 5.41) is 9.77. The molecule has 0 aromatic carbocycles. The summed E-state index contributed by atoms with van der Waals surface area (Å²) in [6.45, 7) is 4.44. The third kappa shape index (κ3) is 51.8. The maximum Gasteiger partial charge on any atom is 0.472 e. The van der Waals surface area contributed by atoms with Crippen molar-refractivity contribution in [3.63, 3.8) is 0 Å². The van der Waals surface area contributed by atoms with E-state index in [9.17, 15) is 28.9 Å². The Bertz CT molecular complexity index is 1490. The van der Waals surface area contributed by atoms with Gasteiger partial charge in [0, 0.05) is 19.3 Å². The molecule has 12 heteroatoms. The Morgan fingerprint density at radius 1 is 0.403 bits per heavy atom. The van der Waals surface area contributed by atoms with E-state index >= 15 is 0 Å². The molecule has 0 aromatic rings. The molecule has 0 heterocycles. The van der Waals surface area contributed by atoms with Crippen molar-refractivity contribution in [2.75, 3.05) is 26.4 Å². The van der Waals surface area contributed by atoms with Crippen molar-refractivity contribution in [3.8, 4) is 0 Å². The summed E-state index contributed by atoms with van der Waals surface area (Å²) in [6.07, 6.45) is 60.3. The van der Waals surface area contributed by atoms with Gasteiger partial charge in [0.2, 0.25) is 0 Å². The van der Waals surface area contributed by atoms with E-state index in [1.165, 1.54) is 116 Å². The Labute approximate surface area is 439 Å². The summed E-state index contributed by atoms with van der Waals surface area (Å²) in [7, 11) is -4.76. The monoisotopic (exact) mass is 1030 g/mol. The molecule has 0 saturated heterocycles. The van der Waals surface area contributed by atoms with Gasteiger partial charge >= 0.3 is 25.7 Å². The molecule has 2 N–H and O–H groups in total. The van der Waals surface area contributed by atoms with Crippen molar-refractivity contribution >= 4 is 25.7 Å². The Hall–Kier alpha value is -3.08. The number of unbranched alkanes of at least 4 members (excludes halogenated alkanes) is 24. The van der Waals surface area contributed by atoms with Crippen LogP contribution in [-0.4, -0.2) is 66.5 Å². The summed E-state index contributed by atoms with van der Waals surface area (Å²) in [6, 6.07) is 0. The molecular weight excluding hydrogens is 928 g/mol. The van der Waals surface area contributed by atoms with Gasteiger partial charge in [0.15, 0.2) is 6.10 Å². The minimum absolute atomic E-state index is 0.102. The smallest absolute Gasteiger partial charge is 0.462 e. The van der Waals surface area contributed by atoms with E-state index in [2.05, 4.69) is 81.5 Å². The van der Waals surface area contributed by atoms with Crippen molar-refractivity contribution < 1.29 is 52.2 Å². The van der Waals surface area contributed by atoms with Crippen LogP contribution in [-0.2, 0) is 42.2 Å². The van der Waals surface area contributed by atoms with E-state index in [-0.39, 0.29) is 25.9 Å². The zero-order chi connectivity index (χ0) is 52.7. The molecule has 0 aromatic heterocycles. The molecule has 0 saturated carbocycles. The highest BCUT2D eigenvalue weighted by atomic mass is 31.2. The first-order chi connectivity index (χ1) is 35.2.